The van der Waals surface area contributed by atoms with Gasteiger partial charge >= 0.3 is 0 Å². The molecule has 0 aromatic heterocycles. The highest BCUT2D eigenvalue weighted by Crippen LogP contribution is 2.28. The molecule has 0 atom stereocenters. The van der Waals surface area contributed by atoms with Gasteiger partial charge in [0.25, 0.3) is 0 Å². The van der Waals surface area contributed by atoms with E-state index in [0.717, 1.165) is 11.4 Å². The normalized spacial score (nSPS) is 9.95. The molecule has 0 aliphatic rings. The van der Waals surface area contributed by atoms with Crippen LogP contribution in [-0.2, 0) is 6.54 Å². The van der Waals surface area contributed by atoms with Gasteiger partial charge in [-0.15, -0.1) is 0 Å². The standard InChI is InChI=1S/C17H20N2O2S/c1-12-4-6-13(7-5-12)11-18-17(22)19-15-9-8-14(20-2)10-16(15)21-3/h4-10H,11H2,1-3H3,(H2,18,19,22). The third kappa shape index (κ3) is 4.36. The third-order valence-electron chi connectivity index (χ3n) is 3.23. The van der Waals surface area contributed by atoms with E-state index >= 15 is 0 Å². The van der Waals surface area contributed by atoms with Gasteiger partial charge in [0.1, 0.15) is 11.5 Å². The van der Waals surface area contributed by atoms with Gasteiger partial charge in [-0.3, -0.25) is 0 Å². The van der Waals surface area contributed by atoms with E-state index in [1.54, 1.807) is 14.2 Å². The van der Waals surface area contributed by atoms with Gasteiger partial charge < -0.3 is 20.1 Å². The summed E-state index contributed by atoms with van der Waals surface area (Å²) >= 11 is 5.32. The fourth-order valence-electron chi connectivity index (χ4n) is 1.96. The Balaban J connectivity index is 1.95. The van der Waals surface area contributed by atoms with Gasteiger partial charge in [0.15, 0.2) is 5.11 Å². The highest BCUT2D eigenvalue weighted by atomic mass is 32.1. The zero-order valence-electron chi connectivity index (χ0n) is 13.0. The van der Waals surface area contributed by atoms with Crippen LogP contribution in [0.1, 0.15) is 11.1 Å². The first-order valence-corrected chi connectivity index (χ1v) is 7.35. The Morgan fingerprint density at radius 3 is 2.41 bits per heavy atom. The molecule has 0 radical (unpaired) electrons. The summed E-state index contributed by atoms with van der Waals surface area (Å²) in [5.41, 5.74) is 3.22. The van der Waals surface area contributed by atoms with Gasteiger partial charge in [-0.05, 0) is 36.8 Å². The number of hydrogen-bond donors (Lipinski definition) is 2. The van der Waals surface area contributed by atoms with Crippen LogP contribution in [0, 0.1) is 6.92 Å². The smallest absolute Gasteiger partial charge is 0.171 e. The van der Waals surface area contributed by atoms with E-state index in [0.29, 0.717) is 17.4 Å². The van der Waals surface area contributed by atoms with Crippen LogP contribution in [0.4, 0.5) is 5.69 Å². The van der Waals surface area contributed by atoms with E-state index in [2.05, 4.69) is 41.8 Å². The second kappa shape index (κ2) is 7.66. The Morgan fingerprint density at radius 2 is 1.77 bits per heavy atom. The number of methoxy groups -OCH3 is 2. The first-order valence-electron chi connectivity index (χ1n) is 6.95. The number of thiocarbonyl (C=S) groups is 1. The van der Waals surface area contributed by atoms with Gasteiger partial charge in [0.2, 0.25) is 0 Å². The maximum absolute atomic E-state index is 5.33. The van der Waals surface area contributed by atoms with Crippen molar-refractivity contribution in [3.8, 4) is 11.5 Å². The number of aryl methyl sites for hydroxylation is 1. The molecule has 2 rings (SSSR count). The summed E-state index contributed by atoms with van der Waals surface area (Å²) in [7, 11) is 3.23. The average Bonchev–Trinajstić information content (AvgIpc) is 2.54. The van der Waals surface area contributed by atoms with Crippen LogP contribution in [0.25, 0.3) is 0 Å². The summed E-state index contributed by atoms with van der Waals surface area (Å²) in [6.45, 7) is 2.74. The zero-order valence-corrected chi connectivity index (χ0v) is 13.8. The molecule has 0 heterocycles. The van der Waals surface area contributed by atoms with Crippen molar-refractivity contribution in [2.75, 3.05) is 19.5 Å². The average molecular weight is 316 g/mol. The van der Waals surface area contributed by atoms with E-state index in [1.807, 2.05) is 18.2 Å². The molecule has 2 aromatic rings. The minimum absolute atomic E-state index is 0.545. The number of anilines is 1. The second-order valence-electron chi connectivity index (χ2n) is 4.86. The van der Waals surface area contributed by atoms with Crippen LogP contribution >= 0.6 is 12.2 Å². The molecular weight excluding hydrogens is 296 g/mol. The quantitative estimate of drug-likeness (QED) is 0.827. The van der Waals surface area contributed by atoms with Crippen LogP contribution in [0.2, 0.25) is 0 Å². The highest BCUT2D eigenvalue weighted by Gasteiger charge is 2.06. The van der Waals surface area contributed by atoms with Crippen LogP contribution in [0.5, 0.6) is 11.5 Å². The van der Waals surface area contributed by atoms with Crippen molar-refractivity contribution in [1.29, 1.82) is 0 Å². The molecule has 0 amide bonds. The molecule has 0 saturated carbocycles. The lowest BCUT2D eigenvalue weighted by molar-refractivity contribution is 0.395. The number of benzene rings is 2. The summed E-state index contributed by atoms with van der Waals surface area (Å²) in [5, 5.41) is 6.86. The van der Waals surface area contributed by atoms with Crippen molar-refractivity contribution in [3.63, 3.8) is 0 Å². The topological polar surface area (TPSA) is 42.5 Å². The summed E-state index contributed by atoms with van der Waals surface area (Å²) < 4.78 is 10.5. The predicted molar refractivity (Wildman–Crippen MR) is 93.8 cm³/mol. The molecule has 0 bridgehead atoms. The predicted octanol–water partition coefficient (Wildman–Crippen LogP) is 3.50. The minimum Gasteiger partial charge on any atom is -0.497 e. The lowest BCUT2D eigenvalue weighted by Gasteiger charge is -2.14. The van der Waals surface area contributed by atoms with Gasteiger partial charge in [0, 0.05) is 12.6 Å². The third-order valence-corrected chi connectivity index (χ3v) is 3.48. The maximum Gasteiger partial charge on any atom is 0.171 e. The van der Waals surface area contributed by atoms with Crippen LogP contribution in [-0.4, -0.2) is 19.3 Å². The Morgan fingerprint density at radius 1 is 1.05 bits per heavy atom. The van der Waals surface area contributed by atoms with Gasteiger partial charge in [-0.25, -0.2) is 0 Å². The SMILES string of the molecule is COc1ccc(NC(=S)NCc2ccc(C)cc2)c(OC)c1. The van der Waals surface area contributed by atoms with Gasteiger partial charge in [0.05, 0.1) is 19.9 Å². The van der Waals surface area contributed by atoms with E-state index in [4.69, 9.17) is 21.7 Å². The van der Waals surface area contributed by atoms with Gasteiger partial charge in [-0.2, -0.15) is 0 Å². The summed E-state index contributed by atoms with van der Waals surface area (Å²) in [4.78, 5) is 0. The van der Waals surface area contributed by atoms with Crippen molar-refractivity contribution < 1.29 is 9.47 Å². The fraction of sp³-hybridized carbons (Fsp3) is 0.235. The van der Waals surface area contributed by atoms with Crippen LogP contribution in [0.3, 0.4) is 0 Å². The van der Waals surface area contributed by atoms with Crippen molar-refractivity contribution in [2.45, 2.75) is 13.5 Å². The van der Waals surface area contributed by atoms with Gasteiger partial charge in [-0.1, -0.05) is 29.8 Å². The Hall–Kier alpha value is -2.27. The molecule has 0 spiro atoms. The molecule has 0 saturated heterocycles. The monoisotopic (exact) mass is 316 g/mol. The van der Waals surface area contributed by atoms with Crippen LogP contribution in [0.15, 0.2) is 42.5 Å². The van der Waals surface area contributed by atoms with Crippen molar-refractivity contribution >= 4 is 23.0 Å². The number of ether oxygens (including phenoxy) is 2. The summed E-state index contributed by atoms with van der Waals surface area (Å²) in [6, 6.07) is 13.9. The lowest BCUT2D eigenvalue weighted by atomic mass is 10.1. The molecule has 116 valence electrons. The molecule has 4 nitrogen and oxygen atoms in total. The number of rotatable bonds is 5. The molecule has 0 aliphatic heterocycles. The minimum atomic E-state index is 0.545. The molecule has 5 heteroatoms. The van der Waals surface area contributed by atoms with E-state index < -0.39 is 0 Å². The zero-order chi connectivity index (χ0) is 15.9. The molecule has 2 N–H and O–H groups in total. The van der Waals surface area contributed by atoms with Crippen molar-refractivity contribution in [3.05, 3.63) is 53.6 Å². The van der Waals surface area contributed by atoms with Crippen LogP contribution < -0.4 is 20.1 Å². The second-order valence-corrected chi connectivity index (χ2v) is 5.27. The maximum atomic E-state index is 5.33. The van der Waals surface area contributed by atoms with E-state index in [-0.39, 0.29) is 0 Å². The molecule has 0 fully saturated rings. The first kappa shape index (κ1) is 16.1. The van der Waals surface area contributed by atoms with Crippen molar-refractivity contribution in [2.24, 2.45) is 0 Å². The molecule has 2 aromatic carbocycles. The fourth-order valence-corrected chi connectivity index (χ4v) is 2.14. The lowest BCUT2D eigenvalue weighted by Crippen LogP contribution is -2.28. The molecule has 0 aliphatic carbocycles. The molecule has 0 unspecified atom stereocenters. The van der Waals surface area contributed by atoms with E-state index in [1.165, 1.54) is 11.1 Å². The highest BCUT2D eigenvalue weighted by molar-refractivity contribution is 7.80. The summed E-state index contributed by atoms with van der Waals surface area (Å²) in [5.74, 6) is 1.42. The summed E-state index contributed by atoms with van der Waals surface area (Å²) in [6.07, 6.45) is 0. The number of hydrogen-bond acceptors (Lipinski definition) is 3. The first-order chi connectivity index (χ1) is 10.6. The van der Waals surface area contributed by atoms with Crippen molar-refractivity contribution in [1.82, 2.24) is 5.32 Å². The Bertz CT molecular complexity index is 642. The Labute approximate surface area is 136 Å². The number of nitrogens with one attached hydrogen (secondary N) is 2. The largest absolute Gasteiger partial charge is 0.497 e. The Kier molecular flexibility index (Phi) is 5.61. The van der Waals surface area contributed by atoms with E-state index in [9.17, 15) is 0 Å². The molecule has 22 heavy (non-hydrogen) atoms. The molecular formula is C17H20N2O2S.